The van der Waals surface area contributed by atoms with Crippen LogP contribution in [0.3, 0.4) is 0 Å². The van der Waals surface area contributed by atoms with E-state index in [1.807, 2.05) is 6.26 Å². The Labute approximate surface area is 48.0 Å². The van der Waals surface area contributed by atoms with Crippen molar-refractivity contribution in [2.24, 2.45) is 11.5 Å². The molecular weight excluding hydrogens is 110 g/mol. The molecule has 0 aliphatic heterocycles. The number of hydrogen-bond acceptors (Lipinski definition) is 4. The van der Waals surface area contributed by atoms with Gasteiger partial charge in [0.1, 0.15) is 5.79 Å². The van der Waals surface area contributed by atoms with Crippen molar-refractivity contribution >= 4 is 11.9 Å². The molecule has 0 aromatic rings. The summed E-state index contributed by atoms with van der Waals surface area (Å²) in [5, 5.41) is 0. The van der Waals surface area contributed by atoms with Crippen molar-refractivity contribution in [3.63, 3.8) is 0 Å². The van der Waals surface area contributed by atoms with Crippen LogP contribution in [0.15, 0.2) is 0 Å². The molecule has 0 aromatic carbocycles. The van der Waals surface area contributed by atoms with Gasteiger partial charge in [-0.1, -0.05) is 11.9 Å². The van der Waals surface area contributed by atoms with Crippen LogP contribution in [0.2, 0.25) is 0 Å². The molecule has 0 aliphatic carbocycles. The van der Waals surface area contributed by atoms with Crippen LogP contribution in [0, 0.1) is 0 Å². The second kappa shape index (κ2) is 2.52. The van der Waals surface area contributed by atoms with Crippen LogP contribution >= 0.6 is 11.9 Å². The Balaban J connectivity index is 3.15. The van der Waals surface area contributed by atoms with Crippen LogP contribution in [-0.2, 0) is 0 Å². The van der Waals surface area contributed by atoms with E-state index in [9.17, 15) is 0 Å². The first kappa shape index (κ1) is 7.23. The fraction of sp³-hybridized carbons (Fsp3) is 1.00. The van der Waals surface area contributed by atoms with Gasteiger partial charge in [-0.2, -0.15) is 0 Å². The van der Waals surface area contributed by atoms with Gasteiger partial charge in [0.05, 0.1) is 0 Å². The van der Waals surface area contributed by atoms with E-state index < -0.39 is 5.79 Å². The van der Waals surface area contributed by atoms with Gasteiger partial charge in [-0.05, 0) is 13.2 Å². The maximum Gasteiger partial charge on any atom is 0.124 e. The third-order valence-electron chi connectivity index (χ3n) is 0.322. The van der Waals surface area contributed by atoms with E-state index in [1.54, 1.807) is 6.92 Å². The smallest absolute Gasteiger partial charge is 0.124 e. The first-order chi connectivity index (χ1) is 3.06. The van der Waals surface area contributed by atoms with Gasteiger partial charge in [-0.3, -0.25) is 0 Å². The van der Waals surface area contributed by atoms with Crippen molar-refractivity contribution in [3.8, 4) is 0 Å². The summed E-state index contributed by atoms with van der Waals surface area (Å²) >= 11 is 1.41. The lowest BCUT2D eigenvalue weighted by Gasteiger charge is -2.17. The third kappa shape index (κ3) is 6.23. The second-order valence-electron chi connectivity index (χ2n) is 1.59. The van der Waals surface area contributed by atoms with Gasteiger partial charge >= 0.3 is 0 Å². The van der Waals surface area contributed by atoms with Crippen molar-refractivity contribution < 1.29 is 0 Å². The Hall–Kier alpha value is 0.230. The van der Waals surface area contributed by atoms with E-state index >= 15 is 0 Å². The molecule has 7 heavy (non-hydrogen) atoms. The highest BCUT2D eigenvalue weighted by Gasteiger charge is 2.06. The number of nitrogens with two attached hydrogens (primary N) is 2. The van der Waals surface area contributed by atoms with Crippen LogP contribution in [-0.4, -0.2) is 12.0 Å². The molecule has 0 amide bonds. The lowest BCUT2D eigenvalue weighted by Crippen LogP contribution is -2.55. The molecule has 0 fully saturated rings. The SMILES string of the molecule is CSNC(C)(N)N. The van der Waals surface area contributed by atoms with Crippen LogP contribution in [0.25, 0.3) is 0 Å². The fourth-order valence-corrected chi connectivity index (χ4v) is 0.660. The Morgan fingerprint density at radius 1 is 1.57 bits per heavy atom. The molecule has 0 unspecified atom stereocenters. The Bertz CT molecular complexity index is 48.6. The summed E-state index contributed by atoms with van der Waals surface area (Å²) in [5.41, 5.74) is 10.6. The monoisotopic (exact) mass is 121 g/mol. The maximum absolute atomic E-state index is 5.29. The largest absolute Gasteiger partial charge is 0.301 e. The van der Waals surface area contributed by atoms with E-state index in [0.717, 1.165) is 0 Å². The normalized spacial score (nSPS) is 12.0. The predicted octanol–water partition coefficient (Wildman–Crippen LogP) is -0.555. The van der Waals surface area contributed by atoms with E-state index in [0.29, 0.717) is 0 Å². The molecule has 0 heterocycles. The molecule has 44 valence electrons. The minimum atomic E-state index is -0.737. The minimum absolute atomic E-state index is 0.737. The van der Waals surface area contributed by atoms with Crippen molar-refractivity contribution in [2.75, 3.05) is 6.26 Å². The number of rotatable bonds is 2. The molecule has 4 heteroatoms. The van der Waals surface area contributed by atoms with Gasteiger partial charge in [-0.15, -0.1) is 0 Å². The molecule has 0 aliphatic rings. The average molecular weight is 121 g/mol. The van der Waals surface area contributed by atoms with Gasteiger partial charge in [0.2, 0.25) is 0 Å². The fourth-order valence-electron chi connectivity index (χ4n) is 0.220. The Morgan fingerprint density at radius 3 is 2.00 bits per heavy atom. The van der Waals surface area contributed by atoms with Crippen LogP contribution < -0.4 is 16.2 Å². The van der Waals surface area contributed by atoms with E-state index in [-0.39, 0.29) is 0 Å². The zero-order valence-electron chi connectivity index (χ0n) is 4.56. The standard InChI is InChI=1S/C3H11N3S/c1-3(4,5)6-7-2/h6H,4-5H2,1-2H3. The van der Waals surface area contributed by atoms with Crippen LogP contribution in [0.4, 0.5) is 0 Å². The molecule has 3 nitrogen and oxygen atoms in total. The summed E-state index contributed by atoms with van der Waals surface area (Å²) in [6, 6.07) is 0. The summed E-state index contributed by atoms with van der Waals surface area (Å²) in [6.45, 7) is 1.70. The van der Waals surface area contributed by atoms with Gasteiger partial charge in [0.15, 0.2) is 0 Å². The topological polar surface area (TPSA) is 64.1 Å². The number of hydrogen-bond donors (Lipinski definition) is 3. The average Bonchev–Trinajstić information content (AvgIpc) is 1.30. The molecule has 0 radical (unpaired) electrons. The summed E-state index contributed by atoms with van der Waals surface area (Å²) in [5.74, 6) is -0.737. The van der Waals surface area contributed by atoms with Gasteiger partial charge in [0.25, 0.3) is 0 Å². The van der Waals surface area contributed by atoms with Gasteiger partial charge in [-0.25, -0.2) is 4.72 Å². The van der Waals surface area contributed by atoms with Crippen LogP contribution in [0.5, 0.6) is 0 Å². The molecule has 0 rings (SSSR count). The van der Waals surface area contributed by atoms with Crippen LogP contribution in [0.1, 0.15) is 6.92 Å². The molecule has 0 saturated heterocycles. The lowest BCUT2D eigenvalue weighted by atomic mass is 10.5. The highest BCUT2D eigenvalue weighted by Crippen LogP contribution is 1.88. The van der Waals surface area contributed by atoms with Crippen molar-refractivity contribution in [3.05, 3.63) is 0 Å². The molecule has 0 atom stereocenters. The van der Waals surface area contributed by atoms with E-state index in [4.69, 9.17) is 11.5 Å². The van der Waals surface area contributed by atoms with E-state index in [2.05, 4.69) is 4.72 Å². The summed E-state index contributed by atoms with van der Waals surface area (Å²) in [4.78, 5) is 0. The molecular formula is C3H11N3S. The summed E-state index contributed by atoms with van der Waals surface area (Å²) in [7, 11) is 0. The van der Waals surface area contributed by atoms with Gasteiger partial charge < -0.3 is 11.5 Å². The minimum Gasteiger partial charge on any atom is -0.301 e. The summed E-state index contributed by atoms with van der Waals surface area (Å²) in [6.07, 6.45) is 1.87. The maximum atomic E-state index is 5.29. The zero-order valence-corrected chi connectivity index (χ0v) is 5.38. The lowest BCUT2D eigenvalue weighted by molar-refractivity contribution is 0.476. The van der Waals surface area contributed by atoms with Crippen molar-refractivity contribution in [2.45, 2.75) is 12.7 Å². The highest BCUT2D eigenvalue weighted by molar-refractivity contribution is 7.96. The zero-order chi connectivity index (χ0) is 5.91. The second-order valence-corrected chi connectivity index (χ2v) is 2.20. The van der Waals surface area contributed by atoms with Crippen molar-refractivity contribution in [1.82, 2.24) is 4.72 Å². The Morgan fingerprint density at radius 2 is 2.00 bits per heavy atom. The molecule has 0 aromatic heterocycles. The van der Waals surface area contributed by atoms with Gasteiger partial charge in [0, 0.05) is 0 Å². The summed E-state index contributed by atoms with van der Waals surface area (Å²) < 4.78 is 2.76. The van der Waals surface area contributed by atoms with E-state index in [1.165, 1.54) is 11.9 Å². The molecule has 5 N–H and O–H groups in total. The first-order valence-corrected chi connectivity index (χ1v) is 3.16. The quantitative estimate of drug-likeness (QED) is 0.338. The molecule has 0 spiro atoms. The molecule has 0 bridgehead atoms. The molecule has 0 saturated carbocycles. The Kier molecular flexibility index (Phi) is 2.60. The first-order valence-electron chi connectivity index (χ1n) is 1.94. The third-order valence-corrected chi connectivity index (χ3v) is 0.966. The predicted molar refractivity (Wildman–Crippen MR) is 33.4 cm³/mol. The van der Waals surface area contributed by atoms with Crippen molar-refractivity contribution in [1.29, 1.82) is 0 Å². The number of nitrogens with one attached hydrogen (secondary N) is 1. The highest BCUT2D eigenvalue weighted by atomic mass is 32.2.